The van der Waals surface area contributed by atoms with Gasteiger partial charge < -0.3 is 10.5 Å². The second-order valence-corrected chi connectivity index (χ2v) is 5.48. The van der Waals surface area contributed by atoms with Crippen LogP contribution in [0.4, 0.5) is 4.39 Å². The number of ether oxygens (including phenoxy) is 1. The number of nitrogens with two attached hydrogens (primary N) is 1. The molecule has 1 unspecified atom stereocenters. The molecule has 0 aliphatic heterocycles. The fourth-order valence-corrected chi connectivity index (χ4v) is 2.28. The van der Waals surface area contributed by atoms with E-state index in [4.69, 9.17) is 22.1 Å². The van der Waals surface area contributed by atoms with E-state index in [0.717, 1.165) is 17.5 Å². The molecule has 112 valence electrons. The minimum atomic E-state index is -0.275. The Morgan fingerprint density at radius 1 is 1.24 bits per heavy atom. The molecule has 1 atom stereocenters. The van der Waals surface area contributed by atoms with Gasteiger partial charge in [-0.25, -0.2) is 4.39 Å². The zero-order valence-corrected chi connectivity index (χ0v) is 12.7. The smallest absolute Gasteiger partial charge is 0.123 e. The predicted octanol–water partition coefficient (Wildman–Crippen LogP) is 4.34. The van der Waals surface area contributed by atoms with E-state index in [-0.39, 0.29) is 11.9 Å². The summed E-state index contributed by atoms with van der Waals surface area (Å²) in [7, 11) is 0. The first-order valence-electron chi connectivity index (χ1n) is 6.99. The van der Waals surface area contributed by atoms with Gasteiger partial charge in [0.25, 0.3) is 0 Å². The van der Waals surface area contributed by atoms with Gasteiger partial charge in [0.1, 0.15) is 18.2 Å². The minimum absolute atomic E-state index is 0.000296. The molecule has 0 aromatic heterocycles. The monoisotopic (exact) mass is 307 g/mol. The molecular weight excluding hydrogens is 289 g/mol. The lowest BCUT2D eigenvalue weighted by Crippen LogP contribution is -2.21. The van der Waals surface area contributed by atoms with E-state index >= 15 is 0 Å². The maximum atomic E-state index is 13.4. The lowest BCUT2D eigenvalue weighted by molar-refractivity contribution is 0.301. The summed E-state index contributed by atoms with van der Waals surface area (Å²) >= 11 is 5.94. The molecular formula is C17H19ClFNO. The standard InChI is InChI=1S/C17H19ClFNO/c1-2-16(20)10-13-9-15(19)6-7-17(13)21-11-12-4-3-5-14(18)8-12/h3-9,16H,2,10-11,20H2,1H3. The number of hydrogen-bond donors (Lipinski definition) is 1. The summed E-state index contributed by atoms with van der Waals surface area (Å²) in [5.74, 6) is 0.392. The predicted molar refractivity (Wildman–Crippen MR) is 84.2 cm³/mol. The van der Waals surface area contributed by atoms with E-state index in [9.17, 15) is 4.39 Å². The summed E-state index contributed by atoms with van der Waals surface area (Å²) in [4.78, 5) is 0. The summed E-state index contributed by atoms with van der Waals surface area (Å²) in [6.45, 7) is 2.40. The van der Waals surface area contributed by atoms with Crippen LogP contribution in [0.25, 0.3) is 0 Å². The molecule has 0 fully saturated rings. The number of benzene rings is 2. The molecule has 0 spiro atoms. The molecule has 0 bridgehead atoms. The second-order valence-electron chi connectivity index (χ2n) is 5.04. The summed E-state index contributed by atoms with van der Waals surface area (Å²) in [6.07, 6.45) is 1.43. The molecule has 0 radical (unpaired) electrons. The lowest BCUT2D eigenvalue weighted by atomic mass is 10.0. The Morgan fingerprint density at radius 2 is 2.05 bits per heavy atom. The highest BCUT2D eigenvalue weighted by atomic mass is 35.5. The largest absolute Gasteiger partial charge is 0.489 e. The molecule has 0 aliphatic rings. The van der Waals surface area contributed by atoms with Gasteiger partial charge in [-0.3, -0.25) is 0 Å². The molecule has 2 aromatic carbocycles. The third kappa shape index (κ3) is 4.73. The van der Waals surface area contributed by atoms with E-state index in [2.05, 4.69) is 0 Å². The Kier molecular flexibility index (Phi) is 5.59. The highest BCUT2D eigenvalue weighted by Gasteiger charge is 2.10. The summed E-state index contributed by atoms with van der Waals surface area (Å²) in [5, 5.41) is 0.670. The van der Waals surface area contributed by atoms with Crippen molar-refractivity contribution in [2.75, 3.05) is 0 Å². The molecule has 0 aliphatic carbocycles. The fourth-order valence-electron chi connectivity index (χ4n) is 2.06. The van der Waals surface area contributed by atoms with E-state index in [1.807, 2.05) is 31.2 Å². The van der Waals surface area contributed by atoms with Gasteiger partial charge in [-0.2, -0.15) is 0 Å². The zero-order valence-electron chi connectivity index (χ0n) is 12.0. The third-order valence-corrected chi connectivity index (χ3v) is 3.55. The van der Waals surface area contributed by atoms with Gasteiger partial charge in [0, 0.05) is 11.1 Å². The molecule has 2 nitrogen and oxygen atoms in total. The number of halogens is 2. The van der Waals surface area contributed by atoms with Crippen LogP contribution < -0.4 is 10.5 Å². The van der Waals surface area contributed by atoms with Crippen molar-refractivity contribution < 1.29 is 9.13 Å². The van der Waals surface area contributed by atoms with Crippen molar-refractivity contribution in [1.82, 2.24) is 0 Å². The highest BCUT2D eigenvalue weighted by Crippen LogP contribution is 2.23. The van der Waals surface area contributed by atoms with Crippen LogP contribution >= 0.6 is 11.6 Å². The van der Waals surface area contributed by atoms with Crippen LogP contribution in [0.1, 0.15) is 24.5 Å². The normalized spacial score (nSPS) is 12.2. The average Bonchev–Trinajstić information content (AvgIpc) is 2.46. The van der Waals surface area contributed by atoms with E-state index < -0.39 is 0 Å². The Morgan fingerprint density at radius 3 is 2.76 bits per heavy atom. The minimum Gasteiger partial charge on any atom is -0.489 e. The van der Waals surface area contributed by atoms with Crippen molar-refractivity contribution >= 4 is 11.6 Å². The van der Waals surface area contributed by atoms with Crippen LogP contribution in [0.2, 0.25) is 5.02 Å². The van der Waals surface area contributed by atoms with Gasteiger partial charge in [0.05, 0.1) is 0 Å². The van der Waals surface area contributed by atoms with Crippen LogP contribution in [-0.2, 0) is 13.0 Å². The van der Waals surface area contributed by atoms with Gasteiger partial charge >= 0.3 is 0 Å². The van der Waals surface area contributed by atoms with Crippen molar-refractivity contribution in [2.45, 2.75) is 32.4 Å². The molecule has 2 rings (SSSR count). The zero-order chi connectivity index (χ0) is 15.2. The summed E-state index contributed by atoms with van der Waals surface area (Å²) in [5.41, 5.74) is 7.72. The maximum absolute atomic E-state index is 13.4. The van der Waals surface area contributed by atoms with Gasteiger partial charge in [0.15, 0.2) is 0 Å². The van der Waals surface area contributed by atoms with Crippen LogP contribution in [0, 0.1) is 5.82 Å². The van der Waals surface area contributed by atoms with Gasteiger partial charge in [-0.15, -0.1) is 0 Å². The Labute approximate surface area is 129 Å². The Balaban J connectivity index is 2.11. The molecule has 21 heavy (non-hydrogen) atoms. The molecule has 2 aromatic rings. The van der Waals surface area contributed by atoms with Crippen molar-refractivity contribution in [3.63, 3.8) is 0 Å². The summed E-state index contributed by atoms with van der Waals surface area (Å²) < 4.78 is 19.2. The second kappa shape index (κ2) is 7.43. The molecule has 0 amide bonds. The lowest BCUT2D eigenvalue weighted by Gasteiger charge is -2.14. The van der Waals surface area contributed by atoms with Gasteiger partial charge in [-0.05, 0) is 54.3 Å². The van der Waals surface area contributed by atoms with Crippen LogP contribution in [0.5, 0.6) is 5.75 Å². The van der Waals surface area contributed by atoms with Gasteiger partial charge in [-0.1, -0.05) is 30.7 Å². The first-order valence-corrected chi connectivity index (χ1v) is 7.37. The molecule has 0 heterocycles. The van der Waals surface area contributed by atoms with Crippen molar-refractivity contribution in [2.24, 2.45) is 5.73 Å². The Bertz CT molecular complexity index is 603. The summed E-state index contributed by atoms with van der Waals surface area (Å²) in [6, 6.07) is 12.0. The number of rotatable bonds is 6. The highest BCUT2D eigenvalue weighted by molar-refractivity contribution is 6.30. The fraction of sp³-hybridized carbons (Fsp3) is 0.294. The maximum Gasteiger partial charge on any atom is 0.123 e. The van der Waals surface area contributed by atoms with Crippen molar-refractivity contribution in [3.8, 4) is 5.75 Å². The topological polar surface area (TPSA) is 35.2 Å². The van der Waals surface area contributed by atoms with Crippen molar-refractivity contribution in [3.05, 3.63) is 64.4 Å². The molecule has 4 heteroatoms. The van der Waals surface area contributed by atoms with Crippen LogP contribution in [-0.4, -0.2) is 6.04 Å². The number of hydrogen-bond acceptors (Lipinski definition) is 2. The van der Waals surface area contributed by atoms with Crippen LogP contribution in [0.15, 0.2) is 42.5 Å². The SMILES string of the molecule is CCC(N)Cc1cc(F)ccc1OCc1cccc(Cl)c1. The average molecular weight is 308 g/mol. The third-order valence-electron chi connectivity index (χ3n) is 3.31. The Hall–Kier alpha value is -1.58. The first-order chi connectivity index (χ1) is 10.1. The molecule has 2 N–H and O–H groups in total. The quantitative estimate of drug-likeness (QED) is 0.861. The van der Waals surface area contributed by atoms with E-state index in [1.165, 1.54) is 12.1 Å². The van der Waals surface area contributed by atoms with Crippen LogP contribution in [0.3, 0.4) is 0 Å². The van der Waals surface area contributed by atoms with Gasteiger partial charge in [0.2, 0.25) is 0 Å². The molecule has 0 saturated carbocycles. The first kappa shape index (κ1) is 15.8. The molecule has 0 saturated heterocycles. The van der Waals surface area contributed by atoms with Crippen molar-refractivity contribution in [1.29, 1.82) is 0 Å². The van der Waals surface area contributed by atoms with E-state index in [0.29, 0.717) is 23.8 Å². The van der Waals surface area contributed by atoms with E-state index in [1.54, 1.807) is 6.07 Å².